The van der Waals surface area contributed by atoms with E-state index in [9.17, 15) is 18.0 Å². The zero-order valence-corrected chi connectivity index (χ0v) is 12.7. The van der Waals surface area contributed by atoms with E-state index in [0.29, 0.717) is 0 Å². The number of imide groups is 1. The van der Waals surface area contributed by atoms with Gasteiger partial charge in [-0.15, -0.1) is 0 Å². The van der Waals surface area contributed by atoms with E-state index in [-0.39, 0.29) is 65.2 Å². The number of carbonyl (C=O) groups is 2. The normalized spacial score (nSPS) is 21.6. The molecule has 0 aromatic rings. The molecule has 0 aromatic carbocycles. The molecule has 0 aromatic heterocycles. The molecule has 1 fully saturated rings. The van der Waals surface area contributed by atoms with Crippen molar-refractivity contribution in [3.63, 3.8) is 0 Å². The van der Waals surface area contributed by atoms with Crippen LogP contribution in [0, 0.1) is 7.43 Å². The number of amides is 2. The molecular formula is C7H12KNO4S. The van der Waals surface area contributed by atoms with E-state index in [1.165, 1.54) is 7.05 Å². The molecule has 1 saturated heterocycles. The molecule has 7 heteroatoms. The van der Waals surface area contributed by atoms with Crippen LogP contribution in [0.5, 0.6) is 0 Å². The van der Waals surface area contributed by atoms with E-state index in [4.69, 9.17) is 0 Å². The standard InChI is InChI=1S/C6H9NO4S.CH3.K/c1-7-5(8)3-4(6(7)9)12(2,10)11;;/h4H,3H2,1-2H3;1H3;/q;-1;+1. The van der Waals surface area contributed by atoms with Crippen molar-refractivity contribution >= 4 is 21.7 Å². The van der Waals surface area contributed by atoms with Crippen molar-refractivity contribution in [2.75, 3.05) is 13.3 Å². The van der Waals surface area contributed by atoms with Gasteiger partial charge in [0.1, 0.15) is 5.25 Å². The third kappa shape index (κ3) is 3.39. The monoisotopic (exact) mass is 245 g/mol. The second-order valence-electron chi connectivity index (χ2n) is 2.81. The molecule has 0 radical (unpaired) electrons. The van der Waals surface area contributed by atoms with Crippen LogP contribution in [0.2, 0.25) is 0 Å². The second kappa shape index (κ2) is 5.71. The minimum absolute atomic E-state index is 0. The van der Waals surface area contributed by atoms with Crippen molar-refractivity contribution < 1.29 is 69.4 Å². The fourth-order valence-corrected chi connectivity index (χ4v) is 2.03. The van der Waals surface area contributed by atoms with Crippen molar-refractivity contribution in [3.8, 4) is 0 Å². The third-order valence-electron chi connectivity index (χ3n) is 1.86. The maximum Gasteiger partial charge on any atom is 1.00 e. The molecular weight excluding hydrogens is 233 g/mol. The van der Waals surface area contributed by atoms with E-state index in [2.05, 4.69) is 0 Å². The van der Waals surface area contributed by atoms with E-state index < -0.39 is 26.9 Å². The molecule has 1 atom stereocenters. The van der Waals surface area contributed by atoms with E-state index in [1.807, 2.05) is 0 Å². The summed E-state index contributed by atoms with van der Waals surface area (Å²) < 4.78 is 21.9. The Hall–Kier alpha value is 0.726. The van der Waals surface area contributed by atoms with E-state index >= 15 is 0 Å². The van der Waals surface area contributed by atoms with Crippen molar-refractivity contribution in [2.24, 2.45) is 0 Å². The molecule has 1 unspecified atom stereocenters. The Morgan fingerprint density at radius 2 is 1.79 bits per heavy atom. The molecule has 0 N–H and O–H groups in total. The summed E-state index contributed by atoms with van der Waals surface area (Å²) in [7, 11) is -2.14. The van der Waals surface area contributed by atoms with Crippen LogP contribution in [0.1, 0.15) is 6.42 Å². The van der Waals surface area contributed by atoms with Gasteiger partial charge in [-0.2, -0.15) is 0 Å². The summed E-state index contributed by atoms with van der Waals surface area (Å²) >= 11 is 0. The Bertz CT molecular complexity index is 338. The minimum Gasteiger partial charge on any atom is -0.358 e. The molecule has 1 aliphatic rings. The van der Waals surface area contributed by atoms with Crippen LogP contribution in [0.3, 0.4) is 0 Å². The van der Waals surface area contributed by atoms with Crippen LogP contribution >= 0.6 is 0 Å². The van der Waals surface area contributed by atoms with Gasteiger partial charge in [0.15, 0.2) is 9.84 Å². The van der Waals surface area contributed by atoms with Gasteiger partial charge in [0.2, 0.25) is 11.8 Å². The number of carbonyl (C=O) groups excluding carboxylic acids is 2. The van der Waals surface area contributed by atoms with Gasteiger partial charge in [0.05, 0.1) is 6.42 Å². The van der Waals surface area contributed by atoms with Gasteiger partial charge in [-0.25, -0.2) is 8.42 Å². The number of sulfone groups is 1. The number of hydrogen-bond acceptors (Lipinski definition) is 4. The van der Waals surface area contributed by atoms with E-state index in [0.717, 1.165) is 11.2 Å². The number of hydrogen-bond donors (Lipinski definition) is 0. The fourth-order valence-electron chi connectivity index (χ4n) is 1.06. The minimum atomic E-state index is -3.43. The van der Waals surface area contributed by atoms with Crippen LogP contribution < -0.4 is 51.4 Å². The second-order valence-corrected chi connectivity index (χ2v) is 5.04. The summed E-state index contributed by atoms with van der Waals surface area (Å²) in [5.74, 6) is -1.06. The zero-order valence-electron chi connectivity index (χ0n) is 8.77. The van der Waals surface area contributed by atoms with Crippen LogP contribution in [-0.2, 0) is 19.4 Å². The molecule has 0 saturated carbocycles. The largest absolute Gasteiger partial charge is 1.00 e. The first kappa shape index (κ1) is 17.1. The number of nitrogens with zero attached hydrogens (tertiary/aromatic N) is 1. The predicted octanol–water partition coefficient (Wildman–Crippen LogP) is -3.76. The third-order valence-corrected chi connectivity index (χ3v) is 3.26. The summed E-state index contributed by atoms with van der Waals surface area (Å²) in [6.45, 7) is 0. The van der Waals surface area contributed by atoms with E-state index in [1.54, 1.807) is 0 Å². The van der Waals surface area contributed by atoms with Crippen LogP contribution in [0.4, 0.5) is 0 Å². The molecule has 1 rings (SSSR count). The topological polar surface area (TPSA) is 71.5 Å². The first-order valence-corrected chi connectivity index (χ1v) is 5.29. The molecule has 14 heavy (non-hydrogen) atoms. The number of rotatable bonds is 1. The van der Waals surface area contributed by atoms with Gasteiger partial charge in [-0.05, 0) is 0 Å². The van der Waals surface area contributed by atoms with Gasteiger partial charge in [-0.1, -0.05) is 0 Å². The Balaban J connectivity index is 0. The van der Waals surface area contributed by atoms with Crippen LogP contribution in [0.25, 0.3) is 0 Å². The van der Waals surface area contributed by atoms with Crippen LogP contribution in [0.15, 0.2) is 0 Å². The van der Waals surface area contributed by atoms with Gasteiger partial charge >= 0.3 is 51.4 Å². The summed E-state index contributed by atoms with van der Waals surface area (Å²) in [5.41, 5.74) is 0. The first-order valence-electron chi connectivity index (χ1n) is 3.33. The Kier molecular flexibility index (Phi) is 6.99. The smallest absolute Gasteiger partial charge is 0.358 e. The average Bonchev–Trinajstić information content (AvgIpc) is 2.15. The molecule has 0 aliphatic carbocycles. The maximum atomic E-state index is 11.1. The molecule has 0 bridgehead atoms. The summed E-state index contributed by atoms with van der Waals surface area (Å²) in [4.78, 5) is 22.8. The molecule has 76 valence electrons. The summed E-state index contributed by atoms with van der Waals surface area (Å²) in [6, 6.07) is 0. The summed E-state index contributed by atoms with van der Waals surface area (Å²) in [5, 5.41) is -1.16. The molecule has 5 nitrogen and oxygen atoms in total. The zero-order chi connectivity index (χ0) is 9.52. The molecule has 1 heterocycles. The van der Waals surface area contributed by atoms with Crippen molar-refractivity contribution in [2.45, 2.75) is 11.7 Å². The fraction of sp³-hybridized carbons (Fsp3) is 0.571. The quantitative estimate of drug-likeness (QED) is 0.270. The number of likely N-dealkylation sites (tertiary alicyclic amines) is 1. The Labute approximate surface area is 127 Å². The molecule has 0 spiro atoms. The van der Waals surface area contributed by atoms with Gasteiger partial charge < -0.3 is 7.43 Å². The van der Waals surface area contributed by atoms with Crippen molar-refractivity contribution in [1.82, 2.24) is 4.90 Å². The van der Waals surface area contributed by atoms with Crippen LogP contribution in [-0.4, -0.2) is 43.7 Å². The van der Waals surface area contributed by atoms with Gasteiger partial charge in [0.25, 0.3) is 0 Å². The first-order chi connectivity index (χ1) is 5.34. The maximum absolute atomic E-state index is 11.1. The average molecular weight is 245 g/mol. The Morgan fingerprint density at radius 1 is 1.36 bits per heavy atom. The van der Waals surface area contributed by atoms with Gasteiger partial charge in [0, 0.05) is 13.3 Å². The predicted molar refractivity (Wildman–Crippen MR) is 47.4 cm³/mol. The summed E-state index contributed by atoms with van der Waals surface area (Å²) in [6.07, 6.45) is 0.746. The molecule has 1 aliphatic heterocycles. The Morgan fingerprint density at radius 3 is 1.93 bits per heavy atom. The molecule has 2 amide bonds. The van der Waals surface area contributed by atoms with Crippen molar-refractivity contribution in [3.05, 3.63) is 7.43 Å². The van der Waals surface area contributed by atoms with Gasteiger partial charge in [-0.3, -0.25) is 14.5 Å². The van der Waals surface area contributed by atoms with Crippen molar-refractivity contribution in [1.29, 1.82) is 0 Å². The SMILES string of the molecule is CN1C(=O)CC(S(C)(=O)=O)C1=O.[CH3-].[K+].